The third-order valence-corrected chi connectivity index (χ3v) is 6.90. The molecule has 0 saturated carbocycles. The summed E-state index contributed by atoms with van der Waals surface area (Å²) in [7, 11) is -3.61. The molecule has 0 bridgehead atoms. The maximum Gasteiger partial charge on any atom is 0.240 e. The number of rotatable bonds is 9. The van der Waals surface area contributed by atoms with Crippen LogP contribution in [0.3, 0.4) is 0 Å². The highest BCUT2D eigenvalue weighted by Crippen LogP contribution is 2.14. The normalized spacial score (nSPS) is 15.2. The molecule has 1 fully saturated rings. The molecule has 0 aromatic heterocycles. The molecular weight excluding hydrogens is 470 g/mol. The molecule has 0 spiro atoms. The van der Waals surface area contributed by atoms with Crippen molar-refractivity contribution in [2.45, 2.75) is 11.3 Å². The van der Waals surface area contributed by atoms with E-state index in [0.29, 0.717) is 19.7 Å². The minimum Gasteiger partial charge on any atom is -0.492 e. The Kier molecular flexibility index (Phi) is 8.26. The zero-order chi connectivity index (χ0) is 21.4. The summed E-state index contributed by atoms with van der Waals surface area (Å²) in [5.41, 5.74) is 0. The lowest BCUT2D eigenvalue weighted by atomic mass is 10.2. The van der Waals surface area contributed by atoms with E-state index >= 15 is 0 Å². The largest absolute Gasteiger partial charge is 0.492 e. The first-order valence-corrected chi connectivity index (χ1v) is 12.1. The van der Waals surface area contributed by atoms with Gasteiger partial charge in [-0.15, -0.1) is 0 Å². The van der Waals surface area contributed by atoms with Crippen molar-refractivity contribution in [3.8, 4) is 5.75 Å². The Bertz CT molecular complexity index is 915. The number of nitrogens with zero attached hydrogens (tertiary/aromatic N) is 2. The molecule has 1 saturated heterocycles. The van der Waals surface area contributed by atoms with Gasteiger partial charge in [0.25, 0.3) is 0 Å². The molecule has 2 aromatic carbocycles. The van der Waals surface area contributed by atoms with Crippen molar-refractivity contribution in [2.24, 2.45) is 0 Å². The number of benzene rings is 2. The number of halogens is 1. The first-order valence-electron chi connectivity index (χ1n) is 9.87. The molecule has 30 heavy (non-hydrogen) atoms. The quantitative estimate of drug-likeness (QED) is 0.577. The molecule has 0 radical (unpaired) electrons. The monoisotopic (exact) mass is 495 g/mol. The van der Waals surface area contributed by atoms with Crippen molar-refractivity contribution < 1.29 is 17.9 Å². The number of carbonyl (C=O) groups is 1. The third kappa shape index (κ3) is 6.80. The molecule has 7 nitrogen and oxygen atoms in total. The van der Waals surface area contributed by atoms with Gasteiger partial charge in [0.2, 0.25) is 15.9 Å². The lowest BCUT2D eigenvalue weighted by Crippen LogP contribution is -2.50. The van der Waals surface area contributed by atoms with E-state index in [1.807, 2.05) is 30.3 Å². The molecule has 1 amide bonds. The maximum absolute atomic E-state index is 12.4. The number of nitrogens with one attached hydrogen (secondary N) is 1. The SMILES string of the molecule is O=C(CCNS(=O)(=O)c1ccc(Br)cc1)N1CCN(CCOc2ccccc2)CC1. The van der Waals surface area contributed by atoms with Crippen molar-refractivity contribution >= 4 is 31.9 Å². The van der Waals surface area contributed by atoms with E-state index in [4.69, 9.17) is 4.74 Å². The van der Waals surface area contributed by atoms with E-state index in [0.717, 1.165) is 29.9 Å². The lowest BCUT2D eigenvalue weighted by molar-refractivity contribution is -0.132. The van der Waals surface area contributed by atoms with E-state index in [9.17, 15) is 13.2 Å². The number of ether oxygens (including phenoxy) is 1. The average molecular weight is 496 g/mol. The van der Waals surface area contributed by atoms with Gasteiger partial charge in [-0.25, -0.2) is 13.1 Å². The molecule has 3 rings (SSSR count). The highest BCUT2D eigenvalue weighted by molar-refractivity contribution is 9.10. The number of para-hydroxylation sites is 1. The highest BCUT2D eigenvalue weighted by atomic mass is 79.9. The predicted molar refractivity (Wildman–Crippen MR) is 119 cm³/mol. The second kappa shape index (κ2) is 10.9. The van der Waals surface area contributed by atoms with Crippen LogP contribution in [0.4, 0.5) is 0 Å². The van der Waals surface area contributed by atoms with E-state index in [1.165, 1.54) is 12.1 Å². The molecule has 9 heteroatoms. The van der Waals surface area contributed by atoms with Gasteiger partial charge in [-0.3, -0.25) is 9.69 Å². The van der Waals surface area contributed by atoms with Crippen LogP contribution in [0.1, 0.15) is 6.42 Å². The van der Waals surface area contributed by atoms with E-state index < -0.39 is 10.0 Å². The standard InChI is InChI=1S/C21H26BrN3O4S/c22-18-6-8-20(9-7-18)30(27,28)23-11-10-21(26)25-14-12-24(13-15-25)16-17-29-19-4-2-1-3-5-19/h1-9,23H,10-17H2. The van der Waals surface area contributed by atoms with Gasteiger partial charge in [-0.1, -0.05) is 34.1 Å². The van der Waals surface area contributed by atoms with Gasteiger partial charge >= 0.3 is 0 Å². The van der Waals surface area contributed by atoms with Crippen LogP contribution in [0, 0.1) is 0 Å². The molecule has 2 aromatic rings. The van der Waals surface area contributed by atoms with Gasteiger partial charge in [-0.05, 0) is 36.4 Å². The summed E-state index contributed by atoms with van der Waals surface area (Å²) >= 11 is 3.28. The molecule has 1 aliphatic heterocycles. The first kappa shape index (κ1) is 22.7. The van der Waals surface area contributed by atoms with Crippen LogP contribution in [0.5, 0.6) is 5.75 Å². The third-order valence-electron chi connectivity index (χ3n) is 4.90. The summed E-state index contributed by atoms with van der Waals surface area (Å²) in [5.74, 6) is 0.825. The maximum atomic E-state index is 12.4. The summed E-state index contributed by atoms with van der Waals surface area (Å²) in [6.45, 7) is 4.36. The van der Waals surface area contributed by atoms with Crippen molar-refractivity contribution in [2.75, 3.05) is 45.9 Å². The molecule has 1 heterocycles. The number of amides is 1. The van der Waals surface area contributed by atoms with Crippen molar-refractivity contribution in [1.82, 2.24) is 14.5 Å². The van der Waals surface area contributed by atoms with Crippen LogP contribution in [-0.2, 0) is 14.8 Å². The van der Waals surface area contributed by atoms with E-state index in [-0.39, 0.29) is 23.8 Å². The van der Waals surface area contributed by atoms with Gasteiger partial charge in [0, 0.05) is 50.2 Å². The highest BCUT2D eigenvalue weighted by Gasteiger charge is 2.21. The summed E-state index contributed by atoms with van der Waals surface area (Å²) in [6.07, 6.45) is 0.146. The molecule has 0 aliphatic carbocycles. The Morgan fingerprint density at radius 2 is 1.67 bits per heavy atom. The van der Waals surface area contributed by atoms with Crippen LogP contribution >= 0.6 is 15.9 Å². The predicted octanol–water partition coefficient (Wildman–Crippen LogP) is 2.34. The van der Waals surface area contributed by atoms with E-state index in [2.05, 4.69) is 25.6 Å². The molecule has 162 valence electrons. The minimum atomic E-state index is -3.61. The smallest absolute Gasteiger partial charge is 0.240 e. The zero-order valence-corrected chi connectivity index (χ0v) is 19.1. The first-order chi connectivity index (χ1) is 14.4. The topological polar surface area (TPSA) is 79.0 Å². The summed E-state index contributed by atoms with van der Waals surface area (Å²) < 4.78 is 33.6. The van der Waals surface area contributed by atoms with Crippen molar-refractivity contribution in [3.05, 3.63) is 59.1 Å². The molecule has 0 unspecified atom stereocenters. The van der Waals surface area contributed by atoms with Crippen LogP contribution in [0.15, 0.2) is 64.0 Å². The molecule has 0 atom stereocenters. The number of sulfonamides is 1. The summed E-state index contributed by atoms with van der Waals surface area (Å²) in [4.78, 5) is 16.7. The van der Waals surface area contributed by atoms with Gasteiger partial charge < -0.3 is 9.64 Å². The van der Waals surface area contributed by atoms with Crippen molar-refractivity contribution in [1.29, 1.82) is 0 Å². The lowest BCUT2D eigenvalue weighted by Gasteiger charge is -2.34. The number of hydrogen-bond acceptors (Lipinski definition) is 5. The van der Waals surface area contributed by atoms with Crippen LogP contribution in [-0.4, -0.2) is 70.0 Å². The van der Waals surface area contributed by atoms with Gasteiger partial charge in [0.1, 0.15) is 12.4 Å². The number of hydrogen-bond donors (Lipinski definition) is 1. The Balaban J connectivity index is 1.34. The van der Waals surface area contributed by atoms with Gasteiger partial charge in [0.05, 0.1) is 4.90 Å². The Hall–Kier alpha value is -1.94. The second-order valence-corrected chi connectivity index (χ2v) is 9.67. The van der Waals surface area contributed by atoms with Gasteiger partial charge in [-0.2, -0.15) is 0 Å². The molecule has 1 aliphatic rings. The fourth-order valence-electron chi connectivity index (χ4n) is 3.18. The van der Waals surface area contributed by atoms with E-state index in [1.54, 1.807) is 17.0 Å². The Morgan fingerprint density at radius 1 is 1.00 bits per heavy atom. The van der Waals surface area contributed by atoms with Crippen LogP contribution in [0.2, 0.25) is 0 Å². The fourth-order valence-corrected chi connectivity index (χ4v) is 4.47. The molecular formula is C21H26BrN3O4S. The second-order valence-electron chi connectivity index (χ2n) is 6.99. The number of piperazine rings is 1. The zero-order valence-electron chi connectivity index (χ0n) is 16.7. The summed E-state index contributed by atoms with van der Waals surface area (Å²) in [5, 5.41) is 0. The summed E-state index contributed by atoms with van der Waals surface area (Å²) in [6, 6.07) is 16.1. The average Bonchev–Trinajstić information content (AvgIpc) is 2.75. The van der Waals surface area contributed by atoms with Crippen molar-refractivity contribution in [3.63, 3.8) is 0 Å². The van der Waals surface area contributed by atoms with Crippen LogP contribution < -0.4 is 9.46 Å². The van der Waals surface area contributed by atoms with Gasteiger partial charge in [0.15, 0.2) is 0 Å². The number of carbonyl (C=O) groups excluding carboxylic acids is 1. The Labute approximate surface area is 186 Å². The Morgan fingerprint density at radius 3 is 2.33 bits per heavy atom. The molecule has 1 N–H and O–H groups in total. The van der Waals surface area contributed by atoms with Crippen LogP contribution in [0.25, 0.3) is 0 Å². The fraction of sp³-hybridized carbons (Fsp3) is 0.381. The minimum absolute atomic E-state index is 0.0336.